The molecule has 13 nitrogen and oxygen atoms in total. The maximum Gasteiger partial charge on any atom is 0.573 e. The maximum atomic E-state index is 14.2. The molecule has 18 heteroatoms. The van der Waals surface area contributed by atoms with Gasteiger partial charge in [0.1, 0.15) is 18.2 Å². The fraction of sp³-hybridized carbons (Fsp3) is 0.208. The van der Waals surface area contributed by atoms with E-state index in [9.17, 15) is 31.7 Å². The topological polar surface area (TPSA) is 177 Å². The minimum absolute atomic E-state index is 0.0229. The molecule has 0 fully saturated rings. The fourth-order valence-corrected chi connectivity index (χ4v) is 4.06. The molecular weight excluding hydrogens is 591 g/mol. The zero-order valence-corrected chi connectivity index (χ0v) is 22.5. The summed E-state index contributed by atoms with van der Waals surface area (Å²) in [4.78, 5) is 50.8. The van der Waals surface area contributed by atoms with Crippen molar-refractivity contribution in [3.63, 3.8) is 0 Å². The number of pyridine rings is 1. The van der Waals surface area contributed by atoms with E-state index in [1.165, 1.54) is 16.8 Å². The van der Waals surface area contributed by atoms with E-state index in [0.29, 0.717) is 28.3 Å². The minimum atomic E-state index is -4.97. The Morgan fingerprint density at radius 3 is 2.50 bits per heavy atom. The van der Waals surface area contributed by atoms with Crippen molar-refractivity contribution >= 4 is 31.1 Å². The molecule has 0 unspecified atom stereocenters. The molecular formula is C24H21F4N6O7P. The van der Waals surface area contributed by atoms with Crippen molar-refractivity contribution < 1.29 is 50.8 Å². The molecule has 0 aliphatic rings. The van der Waals surface area contributed by atoms with E-state index >= 15 is 0 Å². The number of aryl methyl sites for hydroxylation is 2. The molecule has 2 amide bonds. The van der Waals surface area contributed by atoms with Crippen molar-refractivity contribution in [3.05, 3.63) is 70.9 Å². The van der Waals surface area contributed by atoms with Crippen molar-refractivity contribution in [1.29, 1.82) is 0 Å². The zero-order chi connectivity index (χ0) is 30.8. The van der Waals surface area contributed by atoms with E-state index < -0.39 is 50.7 Å². The largest absolute Gasteiger partial charge is 0.573 e. The van der Waals surface area contributed by atoms with Crippen LogP contribution >= 0.6 is 7.82 Å². The summed E-state index contributed by atoms with van der Waals surface area (Å²) >= 11 is 0. The Bertz CT molecular complexity index is 1720. The van der Waals surface area contributed by atoms with Crippen LogP contribution < -0.4 is 15.4 Å². The van der Waals surface area contributed by atoms with Gasteiger partial charge in [-0.15, -0.1) is 13.2 Å². The third kappa shape index (κ3) is 7.85. The average molecular weight is 612 g/mol. The van der Waals surface area contributed by atoms with Crippen LogP contribution in [0.2, 0.25) is 0 Å². The highest BCUT2D eigenvalue weighted by atomic mass is 31.2. The Labute approximate surface area is 233 Å². The summed E-state index contributed by atoms with van der Waals surface area (Å²) in [6, 6.07) is 7.08. The highest BCUT2D eigenvalue weighted by Crippen LogP contribution is 2.35. The van der Waals surface area contributed by atoms with Gasteiger partial charge in [-0.25, -0.2) is 18.5 Å². The quantitative estimate of drug-likeness (QED) is 0.162. The first-order valence-corrected chi connectivity index (χ1v) is 13.3. The Balaban J connectivity index is 1.53. The second kappa shape index (κ2) is 11.8. The summed E-state index contributed by atoms with van der Waals surface area (Å²) < 4.78 is 71.8. The Hall–Kier alpha value is -4.44. The summed E-state index contributed by atoms with van der Waals surface area (Å²) in [5, 5.41) is 9.20. The van der Waals surface area contributed by atoms with Crippen LogP contribution in [0.25, 0.3) is 16.9 Å². The van der Waals surface area contributed by atoms with Gasteiger partial charge in [-0.3, -0.25) is 19.1 Å². The zero-order valence-electron chi connectivity index (χ0n) is 21.6. The molecule has 42 heavy (non-hydrogen) atoms. The Morgan fingerprint density at radius 1 is 1.07 bits per heavy atom. The monoisotopic (exact) mass is 612 g/mol. The number of carbonyl (C=O) groups is 2. The van der Waals surface area contributed by atoms with Crippen molar-refractivity contribution in [2.24, 2.45) is 0 Å². The van der Waals surface area contributed by atoms with Crippen LogP contribution in [0.15, 0.2) is 42.6 Å². The van der Waals surface area contributed by atoms with Crippen molar-refractivity contribution in [3.8, 4) is 17.0 Å². The molecule has 4 rings (SSSR count). The first-order valence-electron chi connectivity index (χ1n) is 11.8. The lowest BCUT2D eigenvalue weighted by molar-refractivity contribution is -0.274. The lowest BCUT2D eigenvalue weighted by Crippen LogP contribution is -2.25. The molecule has 0 atom stereocenters. The first kappa shape index (κ1) is 30.5. The van der Waals surface area contributed by atoms with Gasteiger partial charge in [0.25, 0.3) is 11.8 Å². The van der Waals surface area contributed by atoms with Crippen molar-refractivity contribution in [2.45, 2.75) is 26.8 Å². The highest BCUT2D eigenvalue weighted by Gasteiger charge is 2.31. The van der Waals surface area contributed by atoms with Gasteiger partial charge in [-0.05, 0) is 50.2 Å². The summed E-state index contributed by atoms with van der Waals surface area (Å²) in [5.74, 6) is -2.99. The number of rotatable bonds is 9. The number of phosphoric ester groups is 1. The number of ether oxygens (including phenoxy) is 1. The van der Waals surface area contributed by atoms with Gasteiger partial charge >= 0.3 is 14.2 Å². The van der Waals surface area contributed by atoms with Crippen LogP contribution in [0.5, 0.6) is 5.75 Å². The van der Waals surface area contributed by atoms with E-state index in [1.807, 2.05) is 0 Å². The SMILES string of the molecule is Cc1nc(C)c(-c2ccc3nc(NC(=O)COP(=O)(O)O)cn3n2)cc1C(=O)NCc1cc(OC(F)(F)F)ccc1F. The Morgan fingerprint density at radius 2 is 1.81 bits per heavy atom. The van der Waals surface area contributed by atoms with E-state index in [1.54, 1.807) is 26.0 Å². The number of carbonyl (C=O) groups excluding carboxylic acids is 2. The molecule has 4 N–H and O–H groups in total. The number of amides is 2. The lowest BCUT2D eigenvalue weighted by atomic mass is 10.0. The molecule has 0 saturated carbocycles. The number of phosphoric acid groups is 1. The van der Waals surface area contributed by atoms with E-state index in [4.69, 9.17) is 9.79 Å². The van der Waals surface area contributed by atoms with Gasteiger partial charge in [-0.1, -0.05) is 0 Å². The standard InChI is InChI=1S/C24H21F4N6O7P/c1-12-16(19-5-6-21-31-20(10-34(21)33-19)32-22(35)11-40-42(37,38)39)8-17(13(2)30-12)23(36)29-9-14-7-15(3-4-18(14)25)41-24(26,27)28/h3-8,10H,9,11H2,1-2H3,(H,29,36)(H,32,35)(H2,37,38,39). The Kier molecular flexibility index (Phi) is 8.58. The lowest BCUT2D eigenvalue weighted by Gasteiger charge is -2.13. The second-order valence-electron chi connectivity index (χ2n) is 8.70. The fourth-order valence-electron chi connectivity index (χ4n) is 3.78. The molecule has 0 aliphatic heterocycles. The van der Waals surface area contributed by atoms with Crippen LogP contribution in [0, 0.1) is 19.7 Å². The van der Waals surface area contributed by atoms with Crippen molar-refractivity contribution in [1.82, 2.24) is 24.9 Å². The number of nitrogens with one attached hydrogen (secondary N) is 2. The van der Waals surface area contributed by atoms with Crippen LogP contribution in [0.3, 0.4) is 0 Å². The summed E-state index contributed by atoms with van der Waals surface area (Å²) in [5.41, 5.74) is 1.80. The van der Waals surface area contributed by atoms with Gasteiger partial charge in [-0.2, -0.15) is 5.10 Å². The van der Waals surface area contributed by atoms with Crippen LogP contribution in [0.4, 0.5) is 23.4 Å². The van der Waals surface area contributed by atoms with Gasteiger partial charge in [0.15, 0.2) is 11.5 Å². The number of hydrogen-bond donors (Lipinski definition) is 4. The maximum absolute atomic E-state index is 14.2. The molecule has 0 spiro atoms. The highest BCUT2D eigenvalue weighted by molar-refractivity contribution is 7.46. The number of nitrogens with zero attached hydrogens (tertiary/aromatic N) is 4. The van der Waals surface area contributed by atoms with Gasteiger partial charge in [0.05, 0.1) is 23.1 Å². The number of fused-ring (bicyclic) bond motifs is 1. The van der Waals surface area contributed by atoms with Gasteiger partial charge in [0, 0.05) is 23.4 Å². The molecule has 222 valence electrons. The number of anilines is 1. The molecule has 0 aliphatic carbocycles. The van der Waals surface area contributed by atoms with Gasteiger partial charge in [0.2, 0.25) is 0 Å². The molecule has 0 bridgehead atoms. The van der Waals surface area contributed by atoms with Crippen molar-refractivity contribution in [2.75, 3.05) is 11.9 Å². The molecule has 4 aromatic rings. The minimum Gasteiger partial charge on any atom is -0.406 e. The molecule has 0 radical (unpaired) electrons. The van der Waals surface area contributed by atoms with Crippen LogP contribution in [0.1, 0.15) is 27.3 Å². The smallest absolute Gasteiger partial charge is 0.406 e. The molecule has 0 saturated heterocycles. The summed E-state index contributed by atoms with van der Waals surface area (Å²) in [6.07, 6.45) is -3.63. The number of hydrogen-bond acceptors (Lipinski definition) is 8. The third-order valence-electron chi connectivity index (χ3n) is 5.57. The van der Waals surface area contributed by atoms with Gasteiger partial charge < -0.3 is 25.2 Å². The van der Waals surface area contributed by atoms with E-state index in [0.717, 1.165) is 18.2 Å². The molecule has 3 aromatic heterocycles. The third-order valence-corrected chi connectivity index (χ3v) is 6.03. The van der Waals surface area contributed by atoms with Crippen LogP contribution in [-0.2, 0) is 20.4 Å². The number of aromatic nitrogens is 4. The first-order chi connectivity index (χ1) is 19.6. The normalized spacial score (nSPS) is 11.9. The molecule has 1 aromatic carbocycles. The summed E-state index contributed by atoms with van der Waals surface area (Å²) in [6.45, 7) is 1.91. The predicted molar refractivity (Wildman–Crippen MR) is 137 cm³/mol. The average Bonchev–Trinajstić information content (AvgIpc) is 3.28. The second-order valence-corrected chi connectivity index (χ2v) is 9.94. The number of halogens is 4. The van der Waals surface area contributed by atoms with E-state index in [-0.39, 0.29) is 16.9 Å². The number of alkyl halides is 3. The number of benzene rings is 1. The van der Waals surface area contributed by atoms with Crippen LogP contribution in [-0.4, -0.2) is 54.2 Å². The predicted octanol–water partition coefficient (Wildman–Crippen LogP) is 3.42. The van der Waals surface area contributed by atoms with E-state index in [2.05, 4.69) is 35.0 Å². The number of imidazole rings is 1. The summed E-state index contributed by atoms with van der Waals surface area (Å²) in [7, 11) is -4.84. The molecule has 3 heterocycles.